The van der Waals surface area contributed by atoms with Crippen LogP contribution in [0.5, 0.6) is 0 Å². The lowest BCUT2D eigenvalue weighted by Gasteiger charge is -2.46. The Hall–Kier alpha value is -0.610. The number of halogens is 1. The number of ether oxygens (including phenoxy) is 1. The quantitative estimate of drug-likeness (QED) is 0.907. The van der Waals surface area contributed by atoms with Gasteiger partial charge in [-0.25, -0.2) is 0 Å². The summed E-state index contributed by atoms with van der Waals surface area (Å²) in [5, 5.41) is 11.5. The smallest absolute Gasteiger partial charge is 0.0761 e. The normalized spacial score (nSPS) is 21.4. The molecule has 2 atom stereocenters. The van der Waals surface area contributed by atoms with Crippen molar-refractivity contribution in [1.82, 2.24) is 4.90 Å². The Morgan fingerprint density at radius 3 is 2.60 bits per heavy atom. The highest BCUT2D eigenvalue weighted by Crippen LogP contribution is 2.28. The number of benzene rings is 1. The van der Waals surface area contributed by atoms with Crippen LogP contribution >= 0.6 is 11.6 Å². The number of hydrogen-bond donors (Lipinski definition) is 1. The Kier molecular flexibility index (Phi) is 5.44. The summed E-state index contributed by atoms with van der Waals surface area (Å²) in [7, 11) is 0. The van der Waals surface area contributed by atoms with Gasteiger partial charge in [0.2, 0.25) is 0 Å². The Balaban J connectivity index is 2.11. The van der Waals surface area contributed by atoms with Crippen LogP contribution in [-0.2, 0) is 11.2 Å². The first kappa shape index (κ1) is 15.8. The maximum absolute atomic E-state index is 10.8. The van der Waals surface area contributed by atoms with Crippen LogP contribution in [0.2, 0.25) is 5.02 Å². The van der Waals surface area contributed by atoms with Crippen LogP contribution < -0.4 is 0 Å². The number of aliphatic hydroxyl groups excluding tert-OH is 1. The molecule has 3 nitrogen and oxygen atoms in total. The molecule has 1 aromatic carbocycles. The van der Waals surface area contributed by atoms with Gasteiger partial charge in [0.25, 0.3) is 0 Å². The van der Waals surface area contributed by atoms with Crippen LogP contribution in [0.25, 0.3) is 0 Å². The van der Waals surface area contributed by atoms with Crippen LogP contribution in [-0.4, -0.2) is 48.0 Å². The van der Waals surface area contributed by atoms with Crippen molar-refractivity contribution in [2.24, 2.45) is 0 Å². The van der Waals surface area contributed by atoms with Crippen LogP contribution in [0.15, 0.2) is 24.3 Å². The third-order valence-corrected chi connectivity index (χ3v) is 4.91. The maximum Gasteiger partial charge on any atom is 0.0761 e. The third-order valence-electron chi connectivity index (χ3n) is 4.54. The van der Waals surface area contributed by atoms with E-state index in [1.54, 1.807) is 0 Å². The summed E-state index contributed by atoms with van der Waals surface area (Å²) in [6, 6.07) is 7.74. The second-order valence-electron chi connectivity index (χ2n) is 5.62. The van der Waals surface area contributed by atoms with Crippen molar-refractivity contribution in [1.29, 1.82) is 0 Å². The monoisotopic (exact) mass is 297 g/mol. The zero-order chi connectivity index (χ0) is 14.6. The van der Waals surface area contributed by atoms with Crippen LogP contribution in [0, 0.1) is 0 Å². The Morgan fingerprint density at radius 2 is 2.00 bits per heavy atom. The minimum absolute atomic E-state index is 0.233. The Labute approximate surface area is 126 Å². The minimum atomic E-state index is -0.439. The van der Waals surface area contributed by atoms with Crippen LogP contribution in [0.1, 0.15) is 25.8 Å². The first-order chi connectivity index (χ1) is 9.58. The molecule has 112 valence electrons. The highest BCUT2D eigenvalue weighted by molar-refractivity contribution is 6.31. The Morgan fingerprint density at radius 1 is 1.35 bits per heavy atom. The van der Waals surface area contributed by atoms with Crippen molar-refractivity contribution in [3.8, 4) is 0 Å². The summed E-state index contributed by atoms with van der Waals surface area (Å²) in [4.78, 5) is 2.35. The summed E-state index contributed by atoms with van der Waals surface area (Å²) < 4.78 is 5.41. The zero-order valence-electron chi connectivity index (χ0n) is 12.3. The van der Waals surface area contributed by atoms with Gasteiger partial charge in [-0.3, -0.25) is 4.90 Å². The molecule has 0 aromatic heterocycles. The first-order valence-electron chi connectivity index (χ1n) is 7.32. The number of morpholine rings is 1. The molecule has 20 heavy (non-hydrogen) atoms. The van der Waals surface area contributed by atoms with E-state index in [-0.39, 0.29) is 5.54 Å². The van der Waals surface area contributed by atoms with Gasteiger partial charge < -0.3 is 9.84 Å². The molecule has 1 heterocycles. The molecule has 0 bridgehead atoms. The van der Waals surface area contributed by atoms with E-state index in [1.165, 1.54) is 0 Å². The average Bonchev–Trinajstić information content (AvgIpc) is 2.49. The maximum atomic E-state index is 10.8. The fourth-order valence-electron chi connectivity index (χ4n) is 2.84. The molecule has 2 rings (SSSR count). The summed E-state index contributed by atoms with van der Waals surface area (Å²) in [5.41, 5.74) is 0.776. The van der Waals surface area contributed by atoms with Gasteiger partial charge in [-0.1, -0.05) is 36.7 Å². The molecule has 1 aromatic rings. The van der Waals surface area contributed by atoms with Crippen molar-refractivity contribution in [2.45, 2.75) is 38.3 Å². The first-order valence-corrected chi connectivity index (χ1v) is 7.70. The lowest BCUT2D eigenvalue weighted by Crippen LogP contribution is -2.58. The van der Waals surface area contributed by atoms with Crippen molar-refractivity contribution in [3.63, 3.8) is 0 Å². The zero-order valence-corrected chi connectivity index (χ0v) is 13.1. The molecular weight excluding hydrogens is 274 g/mol. The molecule has 4 heteroatoms. The number of nitrogens with zero attached hydrogens (tertiary/aromatic N) is 1. The van der Waals surface area contributed by atoms with Gasteiger partial charge in [0.15, 0.2) is 0 Å². The molecule has 0 spiro atoms. The van der Waals surface area contributed by atoms with Gasteiger partial charge in [-0.2, -0.15) is 0 Å². The lowest BCUT2D eigenvalue weighted by molar-refractivity contribution is -0.0714. The van der Waals surface area contributed by atoms with Crippen molar-refractivity contribution in [3.05, 3.63) is 34.9 Å². The molecule has 0 saturated carbocycles. The van der Waals surface area contributed by atoms with E-state index in [9.17, 15) is 5.11 Å². The molecule has 1 aliphatic rings. The van der Waals surface area contributed by atoms with Gasteiger partial charge in [0.1, 0.15) is 0 Å². The largest absolute Gasteiger partial charge is 0.391 e. The third kappa shape index (κ3) is 3.34. The standard InChI is InChI=1S/C16H24ClNO2/c1-3-16(2,18-8-10-20-11-9-18)15(19)12-13-6-4-5-7-14(13)17/h4-7,15,19H,3,8-12H2,1-2H3. The van der Waals surface area contributed by atoms with Crippen LogP contribution in [0.4, 0.5) is 0 Å². The number of rotatable bonds is 5. The predicted octanol–water partition coefficient (Wildman–Crippen LogP) is 2.74. The molecule has 1 fully saturated rings. The summed E-state index contributed by atoms with van der Waals surface area (Å²) in [6.07, 6.45) is 1.05. The lowest BCUT2D eigenvalue weighted by atomic mass is 9.85. The van der Waals surface area contributed by atoms with E-state index in [0.717, 1.165) is 43.3 Å². The second-order valence-corrected chi connectivity index (χ2v) is 6.03. The van der Waals surface area contributed by atoms with Crippen LogP contribution in [0.3, 0.4) is 0 Å². The van der Waals surface area contributed by atoms with Gasteiger partial charge in [-0.15, -0.1) is 0 Å². The number of aliphatic hydroxyl groups is 1. The van der Waals surface area contributed by atoms with Crippen molar-refractivity contribution < 1.29 is 9.84 Å². The molecule has 0 amide bonds. The van der Waals surface area contributed by atoms with Gasteiger partial charge in [0, 0.05) is 30.1 Å². The molecule has 2 unspecified atom stereocenters. The van der Waals surface area contributed by atoms with Gasteiger partial charge in [-0.05, 0) is 25.0 Å². The molecule has 0 aliphatic carbocycles. The highest BCUT2D eigenvalue weighted by atomic mass is 35.5. The fourth-order valence-corrected chi connectivity index (χ4v) is 3.05. The summed E-state index contributed by atoms with van der Waals surface area (Å²) >= 11 is 6.20. The van der Waals surface area contributed by atoms with Gasteiger partial charge >= 0.3 is 0 Å². The van der Waals surface area contributed by atoms with Crippen molar-refractivity contribution >= 4 is 11.6 Å². The molecule has 1 saturated heterocycles. The van der Waals surface area contributed by atoms with E-state index in [0.29, 0.717) is 6.42 Å². The second kappa shape index (κ2) is 6.90. The van der Waals surface area contributed by atoms with E-state index in [4.69, 9.17) is 16.3 Å². The molecular formula is C16H24ClNO2. The molecule has 0 radical (unpaired) electrons. The molecule has 1 aliphatic heterocycles. The molecule has 1 N–H and O–H groups in total. The summed E-state index contributed by atoms with van der Waals surface area (Å²) in [6.45, 7) is 7.52. The van der Waals surface area contributed by atoms with Gasteiger partial charge in [0.05, 0.1) is 19.3 Å². The van der Waals surface area contributed by atoms with E-state index < -0.39 is 6.10 Å². The topological polar surface area (TPSA) is 32.7 Å². The van der Waals surface area contributed by atoms with E-state index in [1.807, 2.05) is 24.3 Å². The fraction of sp³-hybridized carbons (Fsp3) is 0.625. The SMILES string of the molecule is CCC(C)(C(O)Cc1ccccc1Cl)N1CCOCC1. The highest BCUT2D eigenvalue weighted by Gasteiger charge is 2.38. The predicted molar refractivity (Wildman–Crippen MR) is 82.3 cm³/mol. The van der Waals surface area contributed by atoms with E-state index in [2.05, 4.69) is 18.7 Å². The minimum Gasteiger partial charge on any atom is -0.391 e. The Bertz CT molecular complexity index is 434. The summed E-state index contributed by atoms with van der Waals surface area (Å²) in [5.74, 6) is 0. The average molecular weight is 298 g/mol. The van der Waals surface area contributed by atoms with E-state index >= 15 is 0 Å². The van der Waals surface area contributed by atoms with Crippen molar-refractivity contribution in [2.75, 3.05) is 26.3 Å². The number of hydrogen-bond acceptors (Lipinski definition) is 3.